The highest BCUT2D eigenvalue weighted by Gasteiger charge is 2.22. The summed E-state index contributed by atoms with van der Waals surface area (Å²) in [7, 11) is 1.75. The summed E-state index contributed by atoms with van der Waals surface area (Å²) in [4.78, 5) is 14.4. The number of aryl methyl sites for hydroxylation is 2. The fourth-order valence-corrected chi connectivity index (χ4v) is 3.18. The van der Waals surface area contributed by atoms with Crippen LogP contribution < -0.4 is 10.2 Å². The highest BCUT2D eigenvalue weighted by atomic mass is 19.1. The summed E-state index contributed by atoms with van der Waals surface area (Å²) in [6, 6.07) is 13.0. The quantitative estimate of drug-likeness (QED) is 0.853. The second-order valence-corrected chi connectivity index (χ2v) is 6.77. The average Bonchev–Trinajstić information content (AvgIpc) is 3.12. The van der Waals surface area contributed by atoms with Gasteiger partial charge in [-0.1, -0.05) is 12.1 Å². The average molecular weight is 356 g/mol. The van der Waals surface area contributed by atoms with Crippen LogP contribution in [0.3, 0.4) is 0 Å². The van der Waals surface area contributed by atoms with Gasteiger partial charge < -0.3 is 15.0 Å². The van der Waals surface area contributed by atoms with Gasteiger partial charge in [0.1, 0.15) is 5.82 Å². The number of hydrogen-bond donors (Lipinski definition) is 1. The molecule has 26 heavy (non-hydrogen) atoms. The number of amides is 1. The molecular formula is C21H25FN2O2. The molecule has 1 unspecified atom stereocenters. The normalized spacial score (nSPS) is 16.7. The maximum atomic E-state index is 13.6. The first-order valence-corrected chi connectivity index (χ1v) is 8.98. The van der Waals surface area contributed by atoms with Crippen LogP contribution in [-0.4, -0.2) is 32.2 Å². The van der Waals surface area contributed by atoms with Crippen LogP contribution in [0.4, 0.5) is 15.8 Å². The molecule has 0 bridgehead atoms. The van der Waals surface area contributed by atoms with Gasteiger partial charge in [-0.15, -0.1) is 0 Å². The summed E-state index contributed by atoms with van der Waals surface area (Å²) in [6.45, 7) is 3.61. The summed E-state index contributed by atoms with van der Waals surface area (Å²) in [6.07, 6.45) is 2.18. The Morgan fingerprint density at radius 3 is 2.69 bits per heavy atom. The lowest BCUT2D eigenvalue weighted by Gasteiger charge is -2.18. The van der Waals surface area contributed by atoms with Crippen LogP contribution in [0.2, 0.25) is 0 Å². The topological polar surface area (TPSA) is 41.6 Å². The SMILES string of the molecule is COC1CCN(c2ccc(NC(=O)CCc3ccc(C)c(F)c3)cc2)C1. The summed E-state index contributed by atoms with van der Waals surface area (Å²) in [5.74, 6) is -0.296. The molecule has 0 aliphatic carbocycles. The van der Waals surface area contributed by atoms with E-state index >= 15 is 0 Å². The first-order chi connectivity index (χ1) is 12.5. The van der Waals surface area contributed by atoms with Crippen molar-refractivity contribution in [1.29, 1.82) is 0 Å². The van der Waals surface area contributed by atoms with E-state index in [1.54, 1.807) is 20.1 Å². The van der Waals surface area contributed by atoms with Crippen LogP contribution in [-0.2, 0) is 16.0 Å². The molecule has 1 heterocycles. The van der Waals surface area contributed by atoms with Gasteiger partial charge in [-0.25, -0.2) is 4.39 Å². The third-order valence-electron chi connectivity index (χ3n) is 4.87. The van der Waals surface area contributed by atoms with E-state index in [2.05, 4.69) is 10.2 Å². The monoisotopic (exact) mass is 356 g/mol. The minimum absolute atomic E-state index is 0.0700. The van der Waals surface area contributed by atoms with E-state index in [9.17, 15) is 9.18 Å². The molecule has 4 nitrogen and oxygen atoms in total. The van der Waals surface area contributed by atoms with E-state index in [0.29, 0.717) is 24.5 Å². The maximum Gasteiger partial charge on any atom is 0.224 e. The van der Waals surface area contributed by atoms with Crippen molar-refractivity contribution in [2.45, 2.75) is 32.3 Å². The van der Waals surface area contributed by atoms with Crippen LogP contribution >= 0.6 is 0 Å². The predicted octanol–water partition coefficient (Wildman–Crippen LogP) is 3.93. The summed E-state index contributed by atoms with van der Waals surface area (Å²) < 4.78 is 18.9. The molecule has 0 radical (unpaired) electrons. The van der Waals surface area contributed by atoms with E-state index < -0.39 is 0 Å². The van der Waals surface area contributed by atoms with Gasteiger partial charge in [0, 0.05) is 38.0 Å². The van der Waals surface area contributed by atoms with Crippen molar-refractivity contribution in [2.75, 3.05) is 30.4 Å². The Bertz CT molecular complexity index is 761. The number of anilines is 2. The predicted molar refractivity (Wildman–Crippen MR) is 102 cm³/mol. The number of nitrogens with one attached hydrogen (secondary N) is 1. The largest absolute Gasteiger partial charge is 0.380 e. The Kier molecular flexibility index (Phi) is 5.89. The zero-order valence-corrected chi connectivity index (χ0v) is 15.3. The number of rotatable bonds is 6. The van der Waals surface area contributed by atoms with Crippen molar-refractivity contribution < 1.29 is 13.9 Å². The second-order valence-electron chi connectivity index (χ2n) is 6.77. The highest BCUT2D eigenvalue weighted by molar-refractivity contribution is 5.91. The van der Waals surface area contributed by atoms with Gasteiger partial charge in [-0.05, 0) is 61.2 Å². The van der Waals surface area contributed by atoms with Crippen LogP contribution in [0.5, 0.6) is 0 Å². The molecule has 3 rings (SSSR count). The van der Waals surface area contributed by atoms with Crippen molar-refractivity contribution in [2.24, 2.45) is 0 Å². The highest BCUT2D eigenvalue weighted by Crippen LogP contribution is 2.23. The van der Waals surface area contributed by atoms with Gasteiger partial charge in [0.05, 0.1) is 6.10 Å². The fourth-order valence-electron chi connectivity index (χ4n) is 3.18. The molecule has 1 saturated heterocycles. The molecule has 2 aromatic rings. The smallest absolute Gasteiger partial charge is 0.224 e. The third-order valence-corrected chi connectivity index (χ3v) is 4.87. The van der Waals surface area contributed by atoms with Crippen molar-refractivity contribution >= 4 is 17.3 Å². The molecule has 1 fully saturated rings. The number of nitrogens with zero attached hydrogens (tertiary/aromatic N) is 1. The number of carbonyl (C=O) groups is 1. The van der Waals surface area contributed by atoms with Crippen LogP contribution in [0, 0.1) is 12.7 Å². The number of methoxy groups -OCH3 is 1. The fraction of sp³-hybridized carbons (Fsp3) is 0.381. The molecule has 2 aromatic carbocycles. The molecule has 0 saturated carbocycles. The Morgan fingerprint density at radius 2 is 2.04 bits per heavy atom. The summed E-state index contributed by atoms with van der Waals surface area (Å²) >= 11 is 0. The maximum absolute atomic E-state index is 13.6. The van der Waals surface area contributed by atoms with Crippen LogP contribution in [0.15, 0.2) is 42.5 Å². The van der Waals surface area contributed by atoms with E-state index in [-0.39, 0.29) is 11.7 Å². The molecule has 1 aliphatic rings. The minimum Gasteiger partial charge on any atom is -0.380 e. The molecule has 138 valence electrons. The first kappa shape index (κ1) is 18.4. The van der Waals surface area contributed by atoms with Crippen LogP contribution in [0.1, 0.15) is 24.0 Å². The van der Waals surface area contributed by atoms with Crippen molar-refractivity contribution in [3.8, 4) is 0 Å². The molecule has 1 aliphatic heterocycles. The van der Waals surface area contributed by atoms with Gasteiger partial charge in [0.2, 0.25) is 5.91 Å². The van der Waals surface area contributed by atoms with Gasteiger partial charge in [0.25, 0.3) is 0 Å². The Labute approximate surface area is 154 Å². The van der Waals surface area contributed by atoms with Crippen molar-refractivity contribution in [3.05, 3.63) is 59.4 Å². The first-order valence-electron chi connectivity index (χ1n) is 8.98. The molecule has 5 heteroatoms. The zero-order chi connectivity index (χ0) is 18.5. The standard InChI is InChI=1S/C21H25FN2O2/c1-15-3-4-16(13-20(15)22)5-10-21(25)23-17-6-8-18(9-7-17)24-12-11-19(14-24)26-2/h3-4,6-9,13,19H,5,10-12,14H2,1-2H3,(H,23,25). The van der Waals surface area contributed by atoms with Crippen molar-refractivity contribution in [1.82, 2.24) is 0 Å². The number of hydrogen-bond acceptors (Lipinski definition) is 3. The van der Waals surface area contributed by atoms with Crippen LogP contribution in [0.25, 0.3) is 0 Å². The second kappa shape index (κ2) is 8.32. The third kappa shape index (κ3) is 4.61. The van der Waals surface area contributed by atoms with Gasteiger partial charge in [0.15, 0.2) is 0 Å². The summed E-state index contributed by atoms with van der Waals surface area (Å²) in [5.41, 5.74) is 3.36. The lowest BCUT2D eigenvalue weighted by molar-refractivity contribution is -0.116. The van der Waals surface area contributed by atoms with E-state index in [0.717, 1.165) is 36.4 Å². The molecule has 1 N–H and O–H groups in total. The minimum atomic E-state index is -0.226. The van der Waals surface area contributed by atoms with Crippen molar-refractivity contribution in [3.63, 3.8) is 0 Å². The van der Waals surface area contributed by atoms with Gasteiger partial charge >= 0.3 is 0 Å². The molecule has 0 spiro atoms. The van der Waals surface area contributed by atoms with E-state index in [4.69, 9.17) is 4.74 Å². The number of benzene rings is 2. The Hall–Kier alpha value is -2.40. The number of carbonyl (C=O) groups excluding carboxylic acids is 1. The molecule has 1 atom stereocenters. The Morgan fingerprint density at radius 1 is 1.27 bits per heavy atom. The number of halogens is 1. The van der Waals surface area contributed by atoms with E-state index in [1.165, 1.54) is 6.07 Å². The lowest BCUT2D eigenvalue weighted by Crippen LogP contribution is -2.22. The number of ether oxygens (including phenoxy) is 1. The van der Waals surface area contributed by atoms with Gasteiger partial charge in [-0.2, -0.15) is 0 Å². The molecule has 0 aromatic heterocycles. The van der Waals surface area contributed by atoms with Gasteiger partial charge in [-0.3, -0.25) is 4.79 Å². The summed E-state index contributed by atoms with van der Waals surface area (Å²) in [5, 5.41) is 2.90. The Balaban J connectivity index is 1.50. The lowest BCUT2D eigenvalue weighted by atomic mass is 10.1. The van der Waals surface area contributed by atoms with E-state index in [1.807, 2.05) is 30.3 Å². The zero-order valence-electron chi connectivity index (χ0n) is 15.3. The molecular weight excluding hydrogens is 331 g/mol. The molecule has 1 amide bonds.